The van der Waals surface area contributed by atoms with E-state index in [9.17, 15) is 14.4 Å². The molecule has 6 heteroatoms. The van der Waals surface area contributed by atoms with Crippen LogP contribution in [0.3, 0.4) is 0 Å². The third kappa shape index (κ3) is 3.14. The number of carbonyl (C=O) groups excluding carboxylic acids is 3. The number of hydrogen-bond donors (Lipinski definition) is 2. The van der Waals surface area contributed by atoms with Gasteiger partial charge >= 0.3 is 0 Å². The maximum atomic E-state index is 12.2. The highest BCUT2D eigenvalue weighted by atomic mass is 16.5. The summed E-state index contributed by atoms with van der Waals surface area (Å²) < 4.78 is 5.38. The molecule has 0 spiro atoms. The van der Waals surface area contributed by atoms with E-state index in [0.717, 1.165) is 0 Å². The Morgan fingerprint density at radius 3 is 2.85 bits per heavy atom. The summed E-state index contributed by atoms with van der Waals surface area (Å²) in [5, 5.41) is 4.82. The molecule has 3 amide bonds. The first kappa shape index (κ1) is 14.0. The summed E-state index contributed by atoms with van der Waals surface area (Å²) in [4.78, 5) is 34.8. The molecule has 1 fully saturated rings. The summed E-state index contributed by atoms with van der Waals surface area (Å²) in [6.07, 6.45) is 0.539. The molecule has 1 saturated heterocycles. The topological polar surface area (TPSA) is 84.5 Å². The van der Waals surface area contributed by atoms with Gasteiger partial charge < -0.3 is 10.1 Å². The van der Waals surface area contributed by atoms with E-state index in [1.54, 1.807) is 24.3 Å². The zero-order valence-electron chi connectivity index (χ0n) is 11.1. The van der Waals surface area contributed by atoms with E-state index in [4.69, 9.17) is 4.74 Å². The third-order valence-corrected chi connectivity index (χ3v) is 2.98. The zero-order valence-corrected chi connectivity index (χ0v) is 11.1. The van der Waals surface area contributed by atoms with Crippen molar-refractivity contribution in [3.05, 3.63) is 29.8 Å². The predicted molar refractivity (Wildman–Crippen MR) is 71.2 cm³/mol. The highest BCUT2D eigenvalue weighted by molar-refractivity contribution is 6.04. The van der Waals surface area contributed by atoms with Crippen LogP contribution in [-0.4, -0.2) is 30.4 Å². The van der Waals surface area contributed by atoms with Gasteiger partial charge in [-0.05, 0) is 25.5 Å². The van der Waals surface area contributed by atoms with Crippen LogP contribution < -0.4 is 15.4 Å². The Hall–Kier alpha value is -2.37. The maximum absolute atomic E-state index is 12.2. The van der Waals surface area contributed by atoms with Gasteiger partial charge in [0, 0.05) is 6.42 Å². The molecule has 2 N–H and O–H groups in total. The Bertz CT molecular complexity index is 542. The van der Waals surface area contributed by atoms with Crippen LogP contribution in [0.15, 0.2) is 24.3 Å². The Morgan fingerprint density at radius 1 is 1.40 bits per heavy atom. The van der Waals surface area contributed by atoms with Gasteiger partial charge in [-0.25, -0.2) is 0 Å². The van der Waals surface area contributed by atoms with Gasteiger partial charge in [0.1, 0.15) is 11.8 Å². The summed E-state index contributed by atoms with van der Waals surface area (Å²) >= 11 is 0. The van der Waals surface area contributed by atoms with E-state index >= 15 is 0 Å². The largest absolute Gasteiger partial charge is 0.493 e. The van der Waals surface area contributed by atoms with Crippen molar-refractivity contribution in [1.29, 1.82) is 0 Å². The Morgan fingerprint density at radius 2 is 2.15 bits per heavy atom. The molecule has 1 aliphatic rings. The molecular weight excluding hydrogens is 260 g/mol. The molecule has 20 heavy (non-hydrogen) atoms. The SMILES string of the molecule is CCOc1ccccc1C(=O)NC1CCC(=O)NC1=O. The van der Waals surface area contributed by atoms with Crippen LogP contribution in [0.25, 0.3) is 0 Å². The molecule has 0 radical (unpaired) electrons. The highest BCUT2D eigenvalue weighted by Crippen LogP contribution is 2.18. The fraction of sp³-hybridized carbons (Fsp3) is 0.357. The molecule has 1 aromatic carbocycles. The van der Waals surface area contributed by atoms with Crippen molar-refractivity contribution < 1.29 is 19.1 Å². The number of imide groups is 1. The van der Waals surface area contributed by atoms with Crippen LogP contribution in [0.5, 0.6) is 5.75 Å². The van der Waals surface area contributed by atoms with Crippen LogP contribution in [0.2, 0.25) is 0 Å². The van der Waals surface area contributed by atoms with Crippen LogP contribution in [0.1, 0.15) is 30.1 Å². The molecule has 1 aliphatic heterocycles. The molecular formula is C14H16N2O4. The zero-order chi connectivity index (χ0) is 14.5. The van der Waals surface area contributed by atoms with Gasteiger partial charge in [-0.2, -0.15) is 0 Å². The van der Waals surface area contributed by atoms with Gasteiger partial charge in [-0.3, -0.25) is 19.7 Å². The lowest BCUT2D eigenvalue weighted by Gasteiger charge is -2.22. The second kappa shape index (κ2) is 6.18. The molecule has 1 heterocycles. The number of para-hydroxylation sites is 1. The minimum absolute atomic E-state index is 0.226. The normalized spacial score (nSPS) is 18.4. The first-order valence-electron chi connectivity index (χ1n) is 6.48. The van der Waals surface area contributed by atoms with Gasteiger partial charge in [0.25, 0.3) is 5.91 Å². The third-order valence-electron chi connectivity index (χ3n) is 2.98. The van der Waals surface area contributed by atoms with Gasteiger partial charge in [0.2, 0.25) is 11.8 Å². The van der Waals surface area contributed by atoms with Gasteiger partial charge in [-0.15, -0.1) is 0 Å². The number of ether oxygens (including phenoxy) is 1. The Balaban J connectivity index is 2.08. The van der Waals surface area contributed by atoms with Crippen molar-refractivity contribution in [2.45, 2.75) is 25.8 Å². The summed E-state index contributed by atoms with van der Waals surface area (Å²) in [6.45, 7) is 2.28. The van der Waals surface area contributed by atoms with Crippen LogP contribution in [-0.2, 0) is 9.59 Å². The van der Waals surface area contributed by atoms with Crippen molar-refractivity contribution in [2.24, 2.45) is 0 Å². The van der Waals surface area contributed by atoms with Crippen molar-refractivity contribution >= 4 is 17.7 Å². The molecule has 2 rings (SSSR count). The van der Waals surface area contributed by atoms with Crippen LogP contribution >= 0.6 is 0 Å². The molecule has 1 atom stereocenters. The van der Waals surface area contributed by atoms with Crippen molar-refractivity contribution in [3.8, 4) is 5.75 Å². The number of benzene rings is 1. The molecule has 6 nitrogen and oxygen atoms in total. The van der Waals surface area contributed by atoms with Gasteiger partial charge in [0.15, 0.2) is 0 Å². The van der Waals surface area contributed by atoms with Crippen LogP contribution in [0, 0.1) is 0 Å². The van der Waals surface area contributed by atoms with Crippen LogP contribution in [0.4, 0.5) is 0 Å². The summed E-state index contributed by atoms with van der Waals surface area (Å²) in [5.41, 5.74) is 0.374. The second-order valence-electron chi connectivity index (χ2n) is 4.41. The number of hydrogen-bond acceptors (Lipinski definition) is 4. The van der Waals surface area contributed by atoms with Crippen molar-refractivity contribution in [2.75, 3.05) is 6.61 Å². The van der Waals surface area contributed by atoms with Crippen molar-refractivity contribution in [3.63, 3.8) is 0 Å². The smallest absolute Gasteiger partial charge is 0.255 e. The molecule has 0 saturated carbocycles. The lowest BCUT2D eigenvalue weighted by Crippen LogP contribution is -2.52. The number of carbonyl (C=O) groups is 3. The van der Waals surface area contributed by atoms with E-state index in [1.807, 2.05) is 6.92 Å². The fourth-order valence-corrected chi connectivity index (χ4v) is 2.00. The molecule has 0 aromatic heterocycles. The maximum Gasteiger partial charge on any atom is 0.255 e. The minimum atomic E-state index is -0.685. The molecule has 106 valence electrons. The lowest BCUT2D eigenvalue weighted by molar-refractivity contribution is -0.134. The second-order valence-corrected chi connectivity index (χ2v) is 4.41. The van der Waals surface area contributed by atoms with Gasteiger partial charge in [0.05, 0.1) is 12.2 Å². The van der Waals surface area contributed by atoms with E-state index in [0.29, 0.717) is 24.3 Å². The highest BCUT2D eigenvalue weighted by Gasteiger charge is 2.28. The van der Waals surface area contributed by atoms with E-state index in [-0.39, 0.29) is 18.2 Å². The monoisotopic (exact) mass is 276 g/mol. The number of rotatable bonds is 4. The van der Waals surface area contributed by atoms with E-state index < -0.39 is 11.9 Å². The molecule has 1 unspecified atom stereocenters. The Kier molecular flexibility index (Phi) is 4.34. The molecule has 0 aliphatic carbocycles. The Labute approximate surface area is 116 Å². The summed E-state index contributed by atoms with van der Waals surface area (Å²) in [7, 11) is 0. The van der Waals surface area contributed by atoms with Gasteiger partial charge in [-0.1, -0.05) is 12.1 Å². The summed E-state index contributed by atoms with van der Waals surface area (Å²) in [6, 6.07) is 6.14. The van der Waals surface area contributed by atoms with E-state index in [1.165, 1.54) is 0 Å². The standard InChI is InChI=1S/C14H16N2O4/c1-2-20-11-6-4-3-5-9(11)13(18)15-10-7-8-12(17)16-14(10)19/h3-6,10H,2,7-8H2,1H3,(H,15,18)(H,16,17,19). The molecule has 1 aromatic rings. The average Bonchev–Trinajstić information content (AvgIpc) is 2.43. The first-order chi connectivity index (χ1) is 9.61. The number of piperidine rings is 1. The predicted octanol–water partition coefficient (Wildman–Crippen LogP) is 0.620. The molecule has 0 bridgehead atoms. The quantitative estimate of drug-likeness (QED) is 0.790. The van der Waals surface area contributed by atoms with Crippen molar-refractivity contribution in [1.82, 2.24) is 10.6 Å². The number of nitrogens with one attached hydrogen (secondary N) is 2. The van der Waals surface area contributed by atoms with E-state index in [2.05, 4.69) is 10.6 Å². The lowest BCUT2D eigenvalue weighted by atomic mass is 10.1. The average molecular weight is 276 g/mol. The fourth-order valence-electron chi connectivity index (χ4n) is 2.00. The first-order valence-corrected chi connectivity index (χ1v) is 6.48. The number of amides is 3. The summed E-state index contributed by atoms with van der Waals surface area (Å²) in [5.74, 6) is -0.693. The minimum Gasteiger partial charge on any atom is -0.493 e.